The quantitative estimate of drug-likeness (QED) is 0.912. The van der Waals surface area contributed by atoms with Crippen LogP contribution in [-0.4, -0.2) is 9.97 Å². The van der Waals surface area contributed by atoms with Gasteiger partial charge in [0.2, 0.25) is 0 Å². The highest BCUT2D eigenvalue weighted by molar-refractivity contribution is 9.10. The van der Waals surface area contributed by atoms with Gasteiger partial charge in [0, 0.05) is 16.2 Å². The van der Waals surface area contributed by atoms with Gasteiger partial charge in [-0.05, 0) is 30.2 Å². The number of nitrogen functional groups attached to an aromatic ring is 1. The van der Waals surface area contributed by atoms with Crippen molar-refractivity contribution in [3.8, 4) is 0 Å². The predicted octanol–water partition coefficient (Wildman–Crippen LogP) is 3.13. The van der Waals surface area contributed by atoms with Crippen LogP contribution in [0.5, 0.6) is 0 Å². The first-order chi connectivity index (χ1) is 8.19. The number of halogens is 1. The van der Waals surface area contributed by atoms with Gasteiger partial charge in [-0.3, -0.25) is 0 Å². The number of anilines is 3. The lowest BCUT2D eigenvalue weighted by molar-refractivity contribution is 1.13. The molecule has 0 spiro atoms. The van der Waals surface area contributed by atoms with Crippen LogP contribution in [-0.2, 0) is 6.42 Å². The predicted molar refractivity (Wildman–Crippen MR) is 73.2 cm³/mol. The van der Waals surface area contributed by atoms with Crippen LogP contribution in [0.1, 0.15) is 12.5 Å². The molecule has 1 aromatic carbocycles. The molecular weight excluding hydrogens is 280 g/mol. The van der Waals surface area contributed by atoms with Crippen molar-refractivity contribution in [1.29, 1.82) is 0 Å². The van der Waals surface area contributed by atoms with Crippen molar-refractivity contribution < 1.29 is 0 Å². The molecule has 3 N–H and O–H groups in total. The number of aryl methyl sites for hydroxylation is 1. The van der Waals surface area contributed by atoms with E-state index in [1.807, 2.05) is 12.1 Å². The van der Waals surface area contributed by atoms with Crippen LogP contribution in [0.4, 0.5) is 17.3 Å². The second-order valence-electron chi connectivity index (χ2n) is 3.61. The van der Waals surface area contributed by atoms with Crippen molar-refractivity contribution >= 4 is 33.3 Å². The molecule has 0 bridgehead atoms. The summed E-state index contributed by atoms with van der Waals surface area (Å²) < 4.78 is 1.07. The first-order valence-corrected chi connectivity index (χ1v) is 6.11. The van der Waals surface area contributed by atoms with E-state index in [0.717, 1.165) is 16.6 Å². The second-order valence-corrected chi connectivity index (χ2v) is 4.52. The number of hydrogen-bond acceptors (Lipinski definition) is 4. The van der Waals surface area contributed by atoms with Crippen molar-refractivity contribution in [3.05, 3.63) is 40.6 Å². The summed E-state index contributed by atoms with van der Waals surface area (Å²) in [5.74, 6) is 1.16. The molecule has 0 fully saturated rings. The van der Waals surface area contributed by atoms with Gasteiger partial charge in [-0.25, -0.2) is 9.97 Å². The van der Waals surface area contributed by atoms with Crippen molar-refractivity contribution in [1.82, 2.24) is 9.97 Å². The Bertz CT molecular complexity index is 528. The fourth-order valence-electron chi connectivity index (χ4n) is 1.56. The van der Waals surface area contributed by atoms with Crippen LogP contribution in [0.15, 0.2) is 35.1 Å². The van der Waals surface area contributed by atoms with Gasteiger partial charge in [-0.15, -0.1) is 0 Å². The van der Waals surface area contributed by atoms with Gasteiger partial charge < -0.3 is 11.1 Å². The third-order valence-electron chi connectivity index (χ3n) is 2.40. The Kier molecular flexibility index (Phi) is 3.58. The summed E-state index contributed by atoms with van der Waals surface area (Å²) in [5, 5.41) is 3.24. The minimum atomic E-state index is 0.456. The Morgan fingerprint density at radius 1 is 1.29 bits per heavy atom. The third kappa shape index (κ3) is 2.94. The molecule has 2 aromatic rings. The number of hydrogen-bond donors (Lipinski definition) is 2. The first-order valence-electron chi connectivity index (χ1n) is 5.32. The molecule has 0 aliphatic heterocycles. The van der Waals surface area contributed by atoms with Crippen LogP contribution >= 0.6 is 15.9 Å². The summed E-state index contributed by atoms with van der Waals surface area (Å²) in [6.07, 6.45) is 2.39. The summed E-state index contributed by atoms with van der Waals surface area (Å²) in [7, 11) is 0. The van der Waals surface area contributed by atoms with Crippen molar-refractivity contribution in [2.75, 3.05) is 11.1 Å². The zero-order chi connectivity index (χ0) is 12.3. The number of benzene rings is 1. The third-order valence-corrected chi connectivity index (χ3v) is 2.89. The lowest BCUT2D eigenvalue weighted by Gasteiger charge is -2.10. The van der Waals surface area contributed by atoms with E-state index < -0.39 is 0 Å². The molecule has 4 nitrogen and oxygen atoms in total. The fourth-order valence-corrected chi connectivity index (χ4v) is 1.96. The van der Waals surface area contributed by atoms with Crippen molar-refractivity contribution in [2.24, 2.45) is 0 Å². The molecule has 5 heteroatoms. The molecule has 0 unspecified atom stereocenters. The van der Waals surface area contributed by atoms with Gasteiger partial charge in [0.25, 0.3) is 0 Å². The molecule has 17 heavy (non-hydrogen) atoms. The van der Waals surface area contributed by atoms with E-state index in [-0.39, 0.29) is 0 Å². The molecule has 2 rings (SSSR count). The normalized spacial score (nSPS) is 10.2. The van der Waals surface area contributed by atoms with Crippen LogP contribution < -0.4 is 11.1 Å². The standard InChI is InChI=1S/C12H13BrN4/c1-2-8-5-9(13)3-4-10(8)17-12-6-11(14)15-7-16-12/h3-7H,2H2,1H3,(H3,14,15,16,17). The van der Waals surface area contributed by atoms with E-state index in [1.54, 1.807) is 6.07 Å². The number of nitrogens with one attached hydrogen (secondary N) is 1. The number of nitrogens with two attached hydrogens (primary N) is 1. The number of nitrogens with zero attached hydrogens (tertiary/aromatic N) is 2. The molecule has 1 aromatic heterocycles. The van der Waals surface area contributed by atoms with E-state index in [0.29, 0.717) is 11.6 Å². The minimum absolute atomic E-state index is 0.456. The Morgan fingerprint density at radius 3 is 2.82 bits per heavy atom. The van der Waals surface area contributed by atoms with Gasteiger partial charge in [0.05, 0.1) is 0 Å². The smallest absolute Gasteiger partial charge is 0.135 e. The second kappa shape index (κ2) is 5.14. The van der Waals surface area contributed by atoms with Crippen LogP contribution in [0, 0.1) is 0 Å². The summed E-state index contributed by atoms with van der Waals surface area (Å²) in [6.45, 7) is 2.11. The molecule has 1 heterocycles. The van der Waals surface area contributed by atoms with Crippen LogP contribution in [0.2, 0.25) is 0 Å². The Hall–Kier alpha value is -1.62. The van der Waals surface area contributed by atoms with Crippen molar-refractivity contribution in [3.63, 3.8) is 0 Å². The fraction of sp³-hybridized carbons (Fsp3) is 0.167. The summed E-state index contributed by atoms with van der Waals surface area (Å²) >= 11 is 3.46. The van der Waals surface area contributed by atoms with Crippen LogP contribution in [0.25, 0.3) is 0 Å². The summed E-state index contributed by atoms with van der Waals surface area (Å²) in [4.78, 5) is 7.98. The average Bonchev–Trinajstić information content (AvgIpc) is 2.31. The molecule has 0 atom stereocenters. The number of aromatic nitrogens is 2. The number of rotatable bonds is 3. The van der Waals surface area contributed by atoms with Crippen molar-refractivity contribution in [2.45, 2.75) is 13.3 Å². The Labute approximate surface area is 108 Å². The molecule has 0 amide bonds. The molecule has 0 aliphatic rings. The lowest BCUT2D eigenvalue weighted by Crippen LogP contribution is -1.99. The average molecular weight is 293 g/mol. The summed E-state index contributed by atoms with van der Waals surface area (Å²) in [6, 6.07) is 7.81. The van der Waals surface area contributed by atoms with E-state index in [2.05, 4.69) is 44.2 Å². The monoisotopic (exact) mass is 292 g/mol. The molecule has 0 saturated heterocycles. The minimum Gasteiger partial charge on any atom is -0.384 e. The maximum absolute atomic E-state index is 5.61. The zero-order valence-electron chi connectivity index (χ0n) is 9.44. The highest BCUT2D eigenvalue weighted by atomic mass is 79.9. The summed E-state index contributed by atoms with van der Waals surface area (Å²) in [5.41, 5.74) is 7.86. The highest BCUT2D eigenvalue weighted by Gasteiger charge is 2.03. The van der Waals surface area contributed by atoms with Crippen LogP contribution in [0.3, 0.4) is 0 Å². The largest absolute Gasteiger partial charge is 0.384 e. The molecule has 0 radical (unpaired) electrons. The molecule has 0 aliphatic carbocycles. The van der Waals surface area contributed by atoms with E-state index in [9.17, 15) is 0 Å². The first kappa shape index (κ1) is 11.9. The van der Waals surface area contributed by atoms with E-state index in [4.69, 9.17) is 5.73 Å². The van der Waals surface area contributed by atoms with E-state index >= 15 is 0 Å². The van der Waals surface area contributed by atoms with Gasteiger partial charge in [-0.1, -0.05) is 22.9 Å². The zero-order valence-corrected chi connectivity index (χ0v) is 11.0. The maximum Gasteiger partial charge on any atom is 0.135 e. The van der Waals surface area contributed by atoms with Gasteiger partial charge in [0.15, 0.2) is 0 Å². The van der Waals surface area contributed by atoms with E-state index in [1.165, 1.54) is 11.9 Å². The van der Waals surface area contributed by atoms with Gasteiger partial charge in [-0.2, -0.15) is 0 Å². The Balaban J connectivity index is 2.29. The SMILES string of the molecule is CCc1cc(Br)ccc1Nc1cc(N)ncn1. The molecule has 88 valence electrons. The maximum atomic E-state index is 5.61. The molecular formula is C12H13BrN4. The topological polar surface area (TPSA) is 63.8 Å². The van der Waals surface area contributed by atoms with Gasteiger partial charge in [0.1, 0.15) is 18.0 Å². The lowest BCUT2D eigenvalue weighted by atomic mass is 10.1. The Morgan fingerprint density at radius 2 is 2.12 bits per heavy atom. The highest BCUT2D eigenvalue weighted by Crippen LogP contribution is 2.24. The molecule has 0 saturated carbocycles. The van der Waals surface area contributed by atoms with Gasteiger partial charge >= 0.3 is 0 Å².